The second-order valence-corrected chi connectivity index (χ2v) is 7.98. The Labute approximate surface area is 194 Å². The van der Waals surface area contributed by atoms with E-state index in [1.165, 1.54) is 0 Å². The summed E-state index contributed by atoms with van der Waals surface area (Å²) in [6, 6.07) is 16.0. The van der Waals surface area contributed by atoms with Gasteiger partial charge in [0.2, 0.25) is 0 Å². The Balaban J connectivity index is 0.00000289. The number of halogens is 1. The first-order valence-corrected chi connectivity index (χ1v) is 10.3. The van der Waals surface area contributed by atoms with Gasteiger partial charge in [0.1, 0.15) is 17.3 Å². The molecule has 0 N–H and O–H groups in total. The van der Waals surface area contributed by atoms with Gasteiger partial charge in [0.05, 0.1) is 19.2 Å². The van der Waals surface area contributed by atoms with Crippen LogP contribution in [0.15, 0.2) is 59.0 Å². The molecule has 1 aliphatic rings. The summed E-state index contributed by atoms with van der Waals surface area (Å²) in [5.41, 5.74) is 2.66. The number of ketones is 1. The molecule has 7 heteroatoms. The highest BCUT2D eigenvalue weighted by Crippen LogP contribution is 2.25. The average Bonchev–Trinajstić information content (AvgIpc) is 3.18. The van der Waals surface area contributed by atoms with Gasteiger partial charge in [-0.15, -0.1) is 12.4 Å². The number of methoxy groups -OCH3 is 1. The first-order chi connectivity index (χ1) is 15.0. The van der Waals surface area contributed by atoms with Gasteiger partial charge >= 0.3 is 0 Å². The quantitative estimate of drug-likeness (QED) is 0.522. The smallest absolute Gasteiger partial charge is 0.254 e. The third-order valence-corrected chi connectivity index (χ3v) is 5.42. The molecular formula is C25H27ClN2O4. The van der Waals surface area contributed by atoms with Crippen molar-refractivity contribution in [1.82, 2.24) is 9.80 Å². The molecule has 0 radical (unpaired) electrons. The molecule has 2 heterocycles. The maximum Gasteiger partial charge on any atom is 0.254 e. The highest BCUT2D eigenvalue weighted by molar-refractivity contribution is 6.11. The number of hydrogen-bond acceptors (Lipinski definition) is 5. The van der Waals surface area contributed by atoms with Crippen molar-refractivity contribution in [3.05, 3.63) is 88.4 Å². The van der Waals surface area contributed by atoms with Gasteiger partial charge in [-0.05, 0) is 44.4 Å². The van der Waals surface area contributed by atoms with Crippen molar-refractivity contribution in [1.29, 1.82) is 0 Å². The Kier molecular flexibility index (Phi) is 7.38. The zero-order valence-corrected chi connectivity index (χ0v) is 19.3. The van der Waals surface area contributed by atoms with E-state index in [0.29, 0.717) is 42.0 Å². The number of carbonyl (C=O) groups is 2. The summed E-state index contributed by atoms with van der Waals surface area (Å²) in [4.78, 5) is 29.7. The van der Waals surface area contributed by atoms with Crippen LogP contribution in [0.25, 0.3) is 0 Å². The number of rotatable bonds is 6. The van der Waals surface area contributed by atoms with Crippen molar-refractivity contribution in [2.45, 2.75) is 19.5 Å². The van der Waals surface area contributed by atoms with Crippen molar-refractivity contribution in [3.63, 3.8) is 0 Å². The first-order valence-electron chi connectivity index (χ1n) is 10.3. The van der Waals surface area contributed by atoms with Crippen LogP contribution in [-0.2, 0) is 19.5 Å². The van der Waals surface area contributed by atoms with Crippen molar-refractivity contribution in [3.8, 4) is 5.75 Å². The fraction of sp³-hybridized carbons (Fsp3) is 0.280. The molecule has 3 aromatic rings. The normalized spacial score (nSPS) is 12.8. The van der Waals surface area contributed by atoms with Gasteiger partial charge in [0.25, 0.3) is 5.91 Å². The average molecular weight is 455 g/mol. The van der Waals surface area contributed by atoms with Crippen molar-refractivity contribution in [2.75, 3.05) is 27.7 Å². The Morgan fingerprint density at radius 1 is 1.06 bits per heavy atom. The van der Waals surface area contributed by atoms with Crippen LogP contribution in [0.2, 0.25) is 0 Å². The standard InChI is InChI=1S/C25H26N2O4.ClH/c1-26(2)16-20-14-19-15-27(13-12-22(19)31-20)25(29)18-10-8-17(9-11-18)24(28)21-6-4-5-7-23(21)30-3;/h4-11,14H,12-13,15-16H2,1-3H3;1H. The summed E-state index contributed by atoms with van der Waals surface area (Å²) in [7, 11) is 5.54. The Hall–Kier alpha value is -3.09. The summed E-state index contributed by atoms with van der Waals surface area (Å²) in [6.45, 7) is 1.89. The van der Waals surface area contributed by atoms with E-state index in [9.17, 15) is 9.59 Å². The van der Waals surface area contributed by atoms with Crippen LogP contribution in [0.3, 0.4) is 0 Å². The Bertz CT molecular complexity index is 1110. The molecule has 0 spiro atoms. The summed E-state index contributed by atoms with van der Waals surface area (Å²) < 4.78 is 11.2. The van der Waals surface area contributed by atoms with Crippen LogP contribution < -0.4 is 4.74 Å². The van der Waals surface area contributed by atoms with E-state index in [-0.39, 0.29) is 24.1 Å². The van der Waals surface area contributed by atoms with Crippen LogP contribution in [0.4, 0.5) is 0 Å². The maximum absolute atomic E-state index is 13.0. The largest absolute Gasteiger partial charge is 0.496 e. The van der Waals surface area contributed by atoms with Crippen molar-refractivity contribution >= 4 is 24.1 Å². The lowest BCUT2D eigenvalue weighted by Crippen LogP contribution is -2.35. The minimum absolute atomic E-state index is 0. The molecule has 0 unspecified atom stereocenters. The minimum atomic E-state index is -0.133. The Morgan fingerprint density at radius 2 is 1.75 bits per heavy atom. The molecule has 0 saturated heterocycles. The van der Waals surface area contributed by atoms with E-state index in [4.69, 9.17) is 9.15 Å². The van der Waals surface area contributed by atoms with Gasteiger partial charge in [-0.3, -0.25) is 9.59 Å². The molecular weight excluding hydrogens is 428 g/mol. The number of para-hydroxylation sites is 1. The number of hydrogen-bond donors (Lipinski definition) is 0. The van der Waals surface area contributed by atoms with Gasteiger partial charge in [0.15, 0.2) is 5.78 Å². The number of carbonyl (C=O) groups excluding carboxylic acids is 2. The monoisotopic (exact) mass is 454 g/mol. The third-order valence-electron chi connectivity index (χ3n) is 5.42. The van der Waals surface area contributed by atoms with Gasteiger partial charge < -0.3 is 19.0 Å². The predicted octanol–water partition coefficient (Wildman–Crippen LogP) is 4.20. The first kappa shape index (κ1) is 23.6. The van der Waals surface area contributed by atoms with Crippen LogP contribution in [0.5, 0.6) is 5.75 Å². The molecule has 0 bridgehead atoms. The molecule has 168 valence electrons. The minimum Gasteiger partial charge on any atom is -0.496 e. The Morgan fingerprint density at radius 3 is 2.44 bits per heavy atom. The lowest BCUT2D eigenvalue weighted by atomic mass is 10.0. The van der Waals surface area contributed by atoms with E-state index in [1.807, 2.05) is 31.1 Å². The second-order valence-electron chi connectivity index (χ2n) is 7.98. The van der Waals surface area contributed by atoms with Crippen LogP contribution in [0, 0.1) is 0 Å². The molecule has 0 aliphatic carbocycles. The molecule has 2 aromatic carbocycles. The number of nitrogens with zero attached hydrogens (tertiary/aromatic N) is 2. The van der Waals surface area contributed by atoms with Gasteiger partial charge in [0, 0.05) is 36.2 Å². The molecule has 0 saturated carbocycles. The van der Waals surface area contributed by atoms with Crippen LogP contribution in [-0.4, -0.2) is 49.2 Å². The lowest BCUT2D eigenvalue weighted by Gasteiger charge is -2.26. The predicted molar refractivity (Wildman–Crippen MR) is 125 cm³/mol. The van der Waals surface area contributed by atoms with E-state index >= 15 is 0 Å². The number of ether oxygens (including phenoxy) is 1. The van der Waals surface area contributed by atoms with Gasteiger partial charge in [-0.25, -0.2) is 0 Å². The summed E-state index contributed by atoms with van der Waals surface area (Å²) in [5.74, 6) is 2.25. The summed E-state index contributed by atoms with van der Waals surface area (Å²) in [5, 5.41) is 0. The highest BCUT2D eigenvalue weighted by atomic mass is 35.5. The SMILES string of the molecule is COc1ccccc1C(=O)c1ccc(C(=O)N2CCc3oc(CN(C)C)cc3C2)cc1.Cl. The molecule has 0 atom stereocenters. The summed E-state index contributed by atoms with van der Waals surface area (Å²) in [6.07, 6.45) is 0.707. The van der Waals surface area contributed by atoms with E-state index < -0.39 is 0 Å². The number of furan rings is 1. The number of benzene rings is 2. The van der Waals surface area contributed by atoms with E-state index in [2.05, 4.69) is 4.90 Å². The number of amides is 1. The fourth-order valence-electron chi connectivity index (χ4n) is 3.89. The molecule has 1 aromatic heterocycles. The van der Waals surface area contributed by atoms with E-state index in [1.54, 1.807) is 49.6 Å². The lowest BCUT2D eigenvalue weighted by molar-refractivity contribution is 0.0729. The van der Waals surface area contributed by atoms with Gasteiger partial charge in [-0.1, -0.05) is 24.3 Å². The third kappa shape index (κ3) is 4.87. The summed E-state index contributed by atoms with van der Waals surface area (Å²) >= 11 is 0. The topological polar surface area (TPSA) is 63.0 Å². The molecule has 0 fully saturated rings. The molecule has 1 amide bonds. The van der Waals surface area contributed by atoms with Gasteiger partial charge in [-0.2, -0.15) is 0 Å². The van der Waals surface area contributed by atoms with E-state index in [0.717, 1.165) is 23.6 Å². The molecule has 32 heavy (non-hydrogen) atoms. The second kappa shape index (κ2) is 10.0. The number of fused-ring (bicyclic) bond motifs is 1. The van der Waals surface area contributed by atoms with Crippen molar-refractivity contribution < 1.29 is 18.7 Å². The molecule has 4 rings (SSSR count). The van der Waals surface area contributed by atoms with Crippen LogP contribution >= 0.6 is 12.4 Å². The molecule has 6 nitrogen and oxygen atoms in total. The zero-order valence-electron chi connectivity index (χ0n) is 18.5. The maximum atomic E-state index is 13.0. The fourth-order valence-corrected chi connectivity index (χ4v) is 3.89. The van der Waals surface area contributed by atoms with Crippen LogP contribution in [0.1, 0.15) is 43.4 Å². The molecule has 1 aliphatic heterocycles. The van der Waals surface area contributed by atoms with Crippen molar-refractivity contribution in [2.24, 2.45) is 0 Å². The zero-order chi connectivity index (χ0) is 22.0. The highest BCUT2D eigenvalue weighted by Gasteiger charge is 2.25.